The van der Waals surface area contributed by atoms with Gasteiger partial charge >= 0.3 is 0 Å². The van der Waals surface area contributed by atoms with Crippen LogP contribution >= 0.6 is 24.0 Å². The minimum absolute atomic E-state index is 0. The first-order chi connectivity index (χ1) is 12.2. The van der Waals surface area contributed by atoms with E-state index in [-0.39, 0.29) is 29.7 Å². The van der Waals surface area contributed by atoms with Crippen LogP contribution in [0.3, 0.4) is 0 Å². The highest BCUT2D eigenvalue weighted by atomic mass is 127. The number of piperazine rings is 1. The predicted octanol–water partition coefficient (Wildman–Crippen LogP) is 0.726. The van der Waals surface area contributed by atoms with Gasteiger partial charge in [0.2, 0.25) is 0 Å². The molecule has 3 rings (SSSR count). The van der Waals surface area contributed by atoms with Gasteiger partial charge in [-0.25, -0.2) is 0 Å². The van der Waals surface area contributed by atoms with Crippen molar-refractivity contribution in [1.82, 2.24) is 15.1 Å². The van der Waals surface area contributed by atoms with Crippen molar-refractivity contribution in [3.63, 3.8) is 0 Å². The summed E-state index contributed by atoms with van der Waals surface area (Å²) in [5, 5.41) is 3.29. The van der Waals surface area contributed by atoms with E-state index in [2.05, 4.69) is 20.1 Å². The Morgan fingerprint density at radius 2 is 2.12 bits per heavy atom. The predicted molar refractivity (Wildman–Crippen MR) is 110 cm³/mol. The molecule has 2 aliphatic rings. The Bertz CT molecular complexity index is 607. The number of hydrogen-bond donors (Lipinski definition) is 2. The second kappa shape index (κ2) is 10.1. The first kappa shape index (κ1) is 21.0. The molecule has 1 aromatic heterocycles. The molecule has 0 spiro atoms. The first-order valence-electron chi connectivity index (χ1n) is 8.80. The molecule has 3 heterocycles. The van der Waals surface area contributed by atoms with E-state index in [0.717, 1.165) is 51.9 Å². The number of furan rings is 1. The van der Waals surface area contributed by atoms with Crippen molar-refractivity contribution in [2.24, 2.45) is 16.6 Å². The molecule has 3 N–H and O–H groups in total. The SMILES string of the molecule is CN=C(NCc1ccc(C(N)=O)o1)N1CCN(CC2CCOC2)CC1.I. The quantitative estimate of drug-likeness (QED) is 0.369. The molecule has 0 bridgehead atoms. The zero-order chi connectivity index (χ0) is 17.6. The normalized spacial score (nSPS) is 21.5. The van der Waals surface area contributed by atoms with Crippen LogP contribution in [0.25, 0.3) is 0 Å². The molecule has 2 saturated heterocycles. The molecule has 0 radical (unpaired) electrons. The second-order valence-electron chi connectivity index (χ2n) is 6.55. The Labute approximate surface area is 171 Å². The average Bonchev–Trinajstić information content (AvgIpc) is 3.28. The Kier molecular flexibility index (Phi) is 8.16. The second-order valence-corrected chi connectivity index (χ2v) is 6.55. The zero-order valence-electron chi connectivity index (χ0n) is 15.1. The summed E-state index contributed by atoms with van der Waals surface area (Å²) in [6.45, 7) is 7.36. The molecule has 2 aliphatic heterocycles. The number of guanidine groups is 1. The van der Waals surface area contributed by atoms with Crippen molar-refractivity contribution < 1.29 is 13.9 Å². The molecule has 0 saturated carbocycles. The lowest BCUT2D eigenvalue weighted by atomic mass is 10.1. The maximum absolute atomic E-state index is 11.1. The van der Waals surface area contributed by atoms with E-state index in [0.29, 0.717) is 18.2 Å². The third kappa shape index (κ3) is 5.58. The van der Waals surface area contributed by atoms with E-state index in [1.165, 1.54) is 6.42 Å². The number of halogens is 1. The van der Waals surface area contributed by atoms with Crippen molar-refractivity contribution in [3.05, 3.63) is 23.7 Å². The van der Waals surface area contributed by atoms with Gasteiger partial charge in [0, 0.05) is 46.4 Å². The van der Waals surface area contributed by atoms with Gasteiger partial charge in [0.25, 0.3) is 5.91 Å². The summed E-state index contributed by atoms with van der Waals surface area (Å²) in [5.41, 5.74) is 5.20. The number of hydrogen-bond acceptors (Lipinski definition) is 5. The van der Waals surface area contributed by atoms with Crippen molar-refractivity contribution in [3.8, 4) is 0 Å². The lowest BCUT2D eigenvalue weighted by molar-refractivity contribution is 0.0972. The number of aliphatic imine (C=N–C) groups is 1. The molecule has 1 amide bonds. The van der Waals surface area contributed by atoms with Crippen molar-refractivity contribution >= 4 is 35.8 Å². The number of primary amides is 1. The maximum atomic E-state index is 11.1. The number of ether oxygens (including phenoxy) is 1. The van der Waals surface area contributed by atoms with Crippen LogP contribution in [0.2, 0.25) is 0 Å². The zero-order valence-corrected chi connectivity index (χ0v) is 17.5. The topological polar surface area (TPSA) is 96.3 Å². The van der Waals surface area contributed by atoms with Gasteiger partial charge in [-0.3, -0.25) is 14.7 Å². The van der Waals surface area contributed by atoms with Gasteiger partial charge in [0.1, 0.15) is 5.76 Å². The molecule has 0 aliphatic carbocycles. The van der Waals surface area contributed by atoms with Gasteiger partial charge in [-0.15, -0.1) is 24.0 Å². The summed E-state index contributed by atoms with van der Waals surface area (Å²) in [5.74, 6) is 1.81. The third-order valence-corrected chi connectivity index (χ3v) is 4.75. The van der Waals surface area contributed by atoms with Crippen LogP contribution < -0.4 is 11.1 Å². The fourth-order valence-corrected chi connectivity index (χ4v) is 3.34. The standard InChI is InChI=1S/C17H27N5O3.HI/c1-19-17(20-10-14-2-3-15(25-14)16(18)23)22-7-5-21(6-8-22)11-13-4-9-24-12-13;/h2-3,13H,4-12H2,1H3,(H2,18,23)(H,19,20);1H. The van der Waals surface area contributed by atoms with Gasteiger partial charge in [-0.05, 0) is 24.5 Å². The number of amides is 1. The Morgan fingerprint density at radius 1 is 1.35 bits per heavy atom. The molecule has 1 aromatic rings. The van der Waals surface area contributed by atoms with E-state index in [9.17, 15) is 4.79 Å². The highest BCUT2D eigenvalue weighted by Crippen LogP contribution is 2.15. The molecule has 8 nitrogen and oxygen atoms in total. The van der Waals surface area contributed by atoms with Crippen molar-refractivity contribution in [1.29, 1.82) is 0 Å². The Hall–Kier alpha value is -1.33. The number of nitrogens with zero attached hydrogens (tertiary/aromatic N) is 3. The van der Waals surface area contributed by atoms with Crippen LogP contribution in [0, 0.1) is 5.92 Å². The maximum Gasteiger partial charge on any atom is 0.284 e. The largest absolute Gasteiger partial charge is 0.454 e. The van der Waals surface area contributed by atoms with E-state index in [1.54, 1.807) is 19.2 Å². The Morgan fingerprint density at radius 3 is 2.69 bits per heavy atom. The average molecular weight is 477 g/mol. The summed E-state index contributed by atoms with van der Waals surface area (Å²) in [4.78, 5) is 20.2. The highest BCUT2D eigenvalue weighted by Gasteiger charge is 2.24. The number of carbonyl (C=O) groups excluding carboxylic acids is 1. The highest BCUT2D eigenvalue weighted by molar-refractivity contribution is 14.0. The van der Waals surface area contributed by atoms with Crippen LogP contribution in [0.4, 0.5) is 0 Å². The molecular weight excluding hydrogens is 449 g/mol. The van der Waals surface area contributed by atoms with Gasteiger partial charge in [-0.2, -0.15) is 0 Å². The number of nitrogens with two attached hydrogens (primary N) is 1. The van der Waals surface area contributed by atoms with Gasteiger partial charge in [0.05, 0.1) is 13.2 Å². The van der Waals surface area contributed by atoms with E-state index < -0.39 is 5.91 Å². The van der Waals surface area contributed by atoms with E-state index in [4.69, 9.17) is 14.9 Å². The molecule has 2 fully saturated rings. The minimum atomic E-state index is -0.556. The molecule has 26 heavy (non-hydrogen) atoms. The summed E-state index contributed by atoms with van der Waals surface area (Å²) < 4.78 is 10.8. The van der Waals surface area contributed by atoms with Crippen LogP contribution in [-0.2, 0) is 11.3 Å². The lowest BCUT2D eigenvalue weighted by Crippen LogP contribution is -2.53. The molecule has 9 heteroatoms. The first-order valence-corrected chi connectivity index (χ1v) is 8.80. The monoisotopic (exact) mass is 477 g/mol. The summed E-state index contributed by atoms with van der Waals surface area (Å²) >= 11 is 0. The lowest BCUT2D eigenvalue weighted by Gasteiger charge is -2.37. The fraction of sp³-hybridized carbons (Fsp3) is 0.647. The molecule has 1 unspecified atom stereocenters. The summed E-state index contributed by atoms with van der Waals surface area (Å²) in [6.07, 6.45) is 1.18. The number of carbonyl (C=O) groups is 1. The molecule has 0 aromatic carbocycles. The smallest absolute Gasteiger partial charge is 0.284 e. The van der Waals surface area contributed by atoms with Crippen LogP contribution in [-0.4, -0.2) is 74.7 Å². The third-order valence-electron chi connectivity index (χ3n) is 4.75. The van der Waals surface area contributed by atoms with Crippen LogP contribution in [0.5, 0.6) is 0 Å². The number of nitrogens with one attached hydrogen (secondary N) is 1. The molecular formula is C17H28IN5O3. The van der Waals surface area contributed by atoms with Crippen molar-refractivity contribution in [2.75, 3.05) is 53.0 Å². The van der Waals surface area contributed by atoms with Gasteiger partial charge in [-0.1, -0.05) is 0 Å². The summed E-state index contributed by atoms with van der Waals surface area (Å²) in [7, 11) is 1.78. The minimum Gasteiger partial charge on any atom is -0.454 e. The Balaban J connectivity index is 0.00000243. The van der Waals surface area contributed by atoms with Crippen molar-refractivity contribution in [2.45, 2.75) is 13.0 Å². The molecule has 146 valence electrons. The van der Waals surface area contributed by atoms with Crippen LogP contribution in [0.15, 0.2) is 21.5 Å². The van der Waals surface area contributed by atoms with Gasteiger partial charge < -0.3 is 25.1 Å². The van der Waals surface area contributed by atoms with E-state index >= 15 is 0 Å². The number of rotatable bonds is 5. The van der Waals surface area contributed by atoms with E-state index in [1.807, 2.05) is 0 Å². The van der Waals surface area contributed by atoms with Gasteiger partial charge in [0.15, 0.2) is 11.7 Å². The fourth-order valence-electron chi connectivity index (χ4n) is 3.34. The molecule has 1 atom stereocenters. The summed E-state index contributed by atoms with van der Waals surface area (Å²) in [6, 6.07) is 3.34. The van der Waals surface area contributed by atoms with Crippen LogP contribution in [0.1, 0.15) is 22.7 Å².